The monoisotopic (exact) mass is 1040 g/mol. The fraction of sp³-hybridized carbons (Fsp3) is 1.00. The van der Waals surface area contributed by atoms with Gasteiger partial charge in [0.25, 0.3) is 11.0 Å². The van der Waals surface area contributed by atoms with Crippen molar-refractivity contribution in [3.05, 3.63) is 0 Å². The Morgan fingerprint density at radius 2 is 0.600 bits per heavy atom. The van der Waals surface area contributed by atoms with Gasteiger partial charge in [0, 0.05) is 6.61 Å². The number of aliphatic hydroxyl groups excluding tert-OH is 2. The summed E-state index contributed by atoms with van der Waals surface area (Å²) in [6, 6.07) is 0. The first kappa shape index (κ1) is 51.9. The number of rotatable bonds is 12. The largest absolute Gasteiger partial charge is 0.391 e. The summed E-state index contributed by atoms with van der Waals surface area (Å²) < 4.78 is 488. The lowest BCUT2D eigenvalue weighted by molar-refractivity contribution is -0.640. The van der Waals surface area contributed by atoms with Crippen molar-refractivity contribution in [3.8, 4) is 0 Å². The van der Waals surface area contributed by atoms with E-state index in [-0.39, 0.29) is 0 Å². The molecular formula is C28H14F32O5. The summed E-state index contributed by atoms with van der Waals surface area (Å²) in [7, 11) is 0. The quantitative estimate of drug-likeness (QED) is 0.152. The maximum Gasteiger partial charge on any atom is 0.379 e. The normalized spacial score (nSPS) is 46.8. The van der Waals surface area contributed by atoms with Crippen LogP contribution in [0.3, 0.4) is 0 Å². The van der Waals surface area contributed by atoms with Crippen molar-refractivity contribution >= 4 is 0 Å². The number of hydrogen-bond acceptors (Lipinski definition) is 5. The molecule has 0 heterocycles. The average molecular weight is 1040 g/mol. The molecule has 8 aliphatic rings. The highest BCUT2D eigenvalue weighted by Crippen LogP contribution is 2.93. The minimum atomic E-state index is -8.70. The van der Waals surface area contributed by atoms with Gasteiger partial charge >= 0.3 is 111 Å². The lowest BCUT2D eigenvalue weighted by atomic mass is 9.36. The maximum absolute atomic E-state index is 15.2. The summed E-state index contributed by atoms with van der Waals surface area (Å²) in [6.45, 7) is -9.88. The van der Waals surface area contributed by atoms with Crippen LogP contribution in [0, 0.1) is 5.41 Å². The van der Waals surface area contributed by atoms with Gasteiger partial charge in [-0.3, -0.25) is 0 Å². The second-order valence-corrected chi connectivity index (χ2v) is 15.6. The molecule has 0 amide bonds. The second-order valence-electron chi connectivity index (χ2n) is 15.6. The number of aliphatic hydroxyl groups is 2. The Hall–Kier alpha value is -2.44. The Balaban J connectivity index is 1.21. The molecule has 8 rings (SSSR count). The van der Waals surface area contributed by atoms with Gasteiger partial charge in [-0.2, -0.15) is 87.8 Å². The van der Waals surface area contributed by atoms with Gasteiger partial charge in [-0.15, -0.1) is 0 Å². The van der Waals surface area contributed by atoms with Gasteiger partial charge in [0.15, 0.2) is 0 Å². The summed E-state index contributed by atoms with van der Waals surface area (Å²) in [5.74, 6) is -101. The van der Waals surface area contributed by atoms with Crippen LogP contribution in [0.4, 0.5) is 140 Å². The molecule has 8 fully saturated rings. The number of ether oxygens (including phenoxy) is 3. The van der Waals surface area contributed by atoms with Crippen LogP contribution in [0.1, 0.15) is 6.42 Å². The van der Waals surface area contributed by atoms with E-state index in [4.69, 9.17) is 0 Å². The standard InChI is InChI=1S/C28H14F32O5/c29-9-16(35,36)8(17(37,38)10(30,19(9,41)42)21(45,46)11(31,18(8,39)40)20(9,43)44)28(59,60)65-4-6(61)1-2-63-3-7(62)5-64-15-25(53,54)12(32)22(47,48)13(33,26(15,55)56)24(51,52)14(34,23(12,49)50)27(15,57)58/h6-7,61-62H,1-5H2. The second kappa shape index (κ2) is 11.9. The maximum atomic E-state index is 15.2. The summed E-state index contributed by atoms with van der Waals surface area (Å²) in [5.41, 5.74) is -66.0. The van der Waals surface area contributed by atoms with Crippen LogP contribution in [0.15, 0.2) is 0 Å². The zero-order valence-corrected chi connectivity index (χ0v) is 29.4. The highest BCUT2D eigenvalue weighted by Gasteiger charge is 3.26. The molecule has 0 aromatic heterocycles. The molecule has 2 atom stereocenters. The molecule has 0 spiro atoms. The van der Waals surface area contributed by atoms with E-state index in [2.05, 4.69) is 14.2 Å². The number of halogens is 32. The summed E-state index contributed by atoms with van der Waals surface area (Å²) in [4.78, 5) is 0. The van der Waals surface area contributed by atoms with Crippen molar-refractivity contribution in [1.29, 1.82) is 0 Å². The third-order valence-corrected chi connectivity index (χ3v) is 12.8. The van der Waals surface area contributed by atoms with Gasteiger partial charge < -0.3 is 24.4 Å². The SMILES string of the molecule is OC(CCOCC(O)COC12C(F)(F)C3(F)C(F)(F)C(F)(C(F)(F)C(F)(C3(F)F)C1(F)F)C2(F)F)COC(F)(F)C12C(F)(F)C3(F)C(F)(F)C(F)(C(F)(F)C(F)(C3(F)F)C1(F)F)C2(F)F. The molecule has 8 saturated carbocycles. The molecule has 380 valence electrons. The molecule has 5 nitrogen and oxygen atoms in total. The Morgan fingerprint density at radius 3 is 0.877 bits per heavy atom. The molecule has 2 N–H and O–H groups in total. The Bertz CT molecular complexity index is 1790. The summed E-state index contributed by atoms with van der Waals surface area (Å²) >= 11 is 0. The van der Waals surface area contributed by atoms with Gasteiger partial charge in [-0.1, -0.05) is 0 Å². The summed E-state index contributed by atoms with van der Waals surface area (Å²) in [5, 5.41) is 19.5. The lowest BCUT2D eigenvalue weighted by Gasteiger charge is -2.75. The molecule has 0 radical (unpaired) electrons. The third-order valence-electron chi connectivity index (χ3n) is 12.8. The van der Waals surface area contributed by atoms with E-state index in [1.165, 1.54) is 0 Å². The van der Waals surface area contributed by atoms with Crippen molar-refractivity contribution in [1.82, 2.24) is 0 Å². The first-order valence-electron chi connectivity index (χ1n) is 16.5. The van der Waals surface area contributed by atoms with Crippen molar-refractivity contribution in [2.75, 3.05) is 26.4 Å². The molecular weight excluding hydrogens is 1020 g/mol. The predicted octanol–water partition coefficient (Wildman–Crippen LogP) is 8.42. The zero-order valence-electron chi connectivity index (χ0n) is 29.4. The molecule has 65 heavy (non-hydrogen) atoms. The molecule has 37 heteroatoms. The lowest BCUT2D eigenvalue weighted by Crippen LogP contribution is -3.10. The Morgan fingerprint density at radius 1 is 0.338 bits per heavy atom. The number of alkyl halides is 32. The van der Waals surface area contributed by atoms with Crippen LogP contribution >= 0.6 is 0 Å². The van der Waals surface area contributed by atoms with E-state index in [9.17, 15) is 62.9 Å². The van der Waals surface area contributed by atoms with Gasteiger partial charge in [0.05, 0.1) is 25.9 Å². The Labute approximate surface area is 333 Å². The van der Waals surface area contributed by atoms with E-state index in [1.807, 2.05) is 0 Å². The molecule has 0 saturated heterocycles. The van der Waals surface area contributed by atoms with E-state index in [0.717, 1.165) is 0 Å². The van der Waals surface area contributed by atoms with Crippen molar-refractivity contribution in [2.24, 2.45) is 5.41 Å². The van der Waals surface area contributed by atoms with Crippen LogP contribution in [-0.2, 0) is 14.2 Å². The van der Waals surface area contributed by atoms with E-state index >= 15 is 87.8 Å². The van der Waals surface area contributed by atoms with Crippen LogP contribution < -0.4 is 0 Å². The van der Waals surface area contributed by atoms with Crippen molar-refractivity contribution in [2.45, 2.75) is 135 Å². The third kappa shape index (κ3) is 3.74. The molecule has 0 aliphatic heterocycles. The van der Waals surface area contributed by atoms with Gasteiger partial charge in [0.2, 0.25) is 0 Å². The molecule has 8 aliphatic carbocycles. The van der Waals surface area contributed by atoms with Crippen LogP contribution in [-0.4, -0.2) is 166 Å². The Kier molecular flexibility index (Phi) is 9.53. The minimum absolute atomic E-state index is 1.76. The topological polar surface area (TPSA) is 68.2 Å². The average Bonchev–Trinajstić information content (AvgIpc) is 3.12. The predicted molar refractivity (Wildman–Crippen MR) is 132 cm³/mol. The van der Waals surface area contributed by atoms with Crippen LogP contribution in [0.25, 0.3) is 0 Å². The fourth-order valence-corrected chi connectivity index (χ4v) is 9.58. The van der Waals surface area contributed by atoms with Gasteiger partial charge in [0.1, 0.15) is 6.10 Å². The highest BCUT2D eigenvalue weighted by molar-refractivity contribution is 5.55. The van der Waals surface area contributed by atoms with Crippen molar-refractivity contribution in [3.63, 3.8) is 0 Å². The van der Waals surface area contributed by atoms with E-state index in [1.54, 1.807) is 0 Å². The molecule has 8 bridgehead atoms. The molecule has 0 aromatic carbocycles. The molecule has 2 unspecified atom stereocenters. The first-order valence-corrected chi connectivity index (χ1v) is 16.5. The molecule has 0 aromatic rings. The van der Waals surface area contributed by atoms with Crippen LogP contribution in [0.5, 0.6) is 0 Å². The van der Waals surface area contributed by atoms with Crippen LogP contribution in [0.2, 0.25) is 0 Å². The highest BCUT2D eigenvalue weighted by atomic mass is 19.4. The number of hydrogen-bond donors (Lipinski definition) is 2. The minimum Gasteiger partial charge on any atom is -0.391 e. The van der Waals surface area contributed by atoms with Gasteiger partial charge in [-0.25, -0.2) is 52.7 Å². The van der Waals surface area contributed by atoms with Crippen molar-refractivity contribution < 1.29 is 165 Å². The van der Waals surface area contributed by atoms with E-state index < -0.39 is 167 Å². The zero-order chi connectivity index (χ0) is 51.3. The summed E-state index contributed by atoms with van der Waals surface area (Å²) in [6.07, 6.45) is -16.4. The van der Waals surface area contributed by atoms with Gasteiger partial charge in [-0.05, 0) is 6.42 Å². The first-order chi connectivity index (χ1) is 28.2. The van der Waals surface area contributed by atoms with E-state index in [0.29, 0.717) is 0 Å². The smallest absolute Gasteiger partial charge is 0.379 e. The fourth-order valence-electron chi connectivity index (χ4n) is 9.58.